The number of hydrogen-bond donors (Lipinski definition) is 0. The van der Waals surface area contributed by atoms with E-state index in [2.05, 4.69) is 50.1 Å². The maximum Gasteiger partial charge on any atom is 0.326 e. The van der Waals surface area contributed by atoms with E-state index in [1.807, 2.05) is 36.4 Å². The number of fused-ring (bicyclic) bond motifs is 1. The van der Waals surface area contributed by atoms with Crippen molar-refractivity contribution in [1.82, 2.24) is 4.90 Å². The van der Waals surface area contributed by atoms with Crippen LogP contribution in [0.4, 0.5) is 4.79 Å². The summed E-state index contributed by atoms with van der Waals surface area (Å²) in [5.74, 6) is -0.517. The molecule has 2 amide bonds. The second-order valence-electron chi connectivity index (χ2n) is 7.31. The number of benzene rings is 3. The van der Waals surface area contributed by atoms with Gasteiger partial charge in [0.05, 0.1) is 20.5 Å². The summed E-state index contributed by atoms with van der Waals surface area (Å²) in [6.45, 7) is 1.83. The molecule has 0 radical (unpaired) electrons. The van der Waals surface area contributed by atoms with Gasteiger partial charge < -0.3 is 9.47 Å². The lowest BCUT2D eigenvalue weighted by atomic mass is 10.1. The van der Waals surface area contributed by atoms with Crippen LogP contribution >= 0.6 is 43.6 Å². The van der Waals surface area contributed by atoms with Gasteiger partial charge in [-0.3, -0.25) is 19.3 Å². The Morgan fingerprint density at radius 3 is 2.50 bits per heavy atom. The van der Waals surface area contributed by atoms with E-state index in [-0.39, 0.29) is 11.5 Å². The van der Waals surface area contributed by atoms with Crippen LogP contribution in [0.3, 0.4) is 0 Å². The van der Waals surface area contributed by atoms with E-state index in [1.54, 1.807) is 13.0 Å². The summed E-state index contributed by atoms with van der Waals surface area (Å²) >= 11 is 7.88. The minimum Gasteiger partial charge on any atom is -0.487 e. The molecular formula is C25H19Br2NO5S. The lowest BCUT2D eigenvalue weighted by Crippen LogP contribution is -2.34. The molecule has 4 rings (SSSR count). The van der Waals surface area contributed by atoms with Crippen molar-refractivity contribution >= 4 is 77.6 Å². The first kappa shape index (κ1) is 24.5. The van der Waals surface area contributed by atoms with Gasteiger partial charge in [0.2, 0.25) is 0 Å². The molecule has 1 heterocycles. The first-order chi connectivity index (χ1) is 16.4. The monoisotopic (exact) mass is 603 g/mol. The zero-order valence-corrected chi connectivity index (χ0v) is 22.0. The number of halogens is 2. The van der Waals surface area contributed by atoms with Crippen LogP contribution in [0.1, 0.15) is 18.1 Å². The van der Waals surface area contributed by atoms with Crippen LogP contribution in [0.15, 0.2) is 68.4 Å². The van der Waals surface area contributed by atoms with Crippen molar-refractivity contribution in [3.63, 3.8) is 0 Å². The van der Waals surface area contributed by atoms with Crippen LogP contribution in [0.5, 0.6) is 5.75 Å². The molecule has 0 aliphatic carbocycles. The van der Waals surface area contributed by atoms with Gasteiger partial charge in [0, 0.05) is 0 Å². The predicted molar refractivity (Wildman–Crippen MR) is 139 cm³/mol. The normalized spacial score (nSPS) is 14.8. The summed E-state index contributed by atoms with van der Waals surface area (Å²) in [5, 5.41) is 1.78. The SMILES string of the molecule is CCOC(=O)CN1C(=O)S/C(=C/c2cc(Br)c(OCc3cccc4ccccc34)c(Br)c2)C1=O. The zero-order chi connectivity index (χ0) is 24.2. The number of carbonyl (C=O) groups excluding carboxylic acids is 3. The average molecular weight is 605 g/mol. The van der Waals surface area contributed by atoms with Crippen molar-refractivity contribution in [2.75, 3.05) is 13.2 Å². The van der Waals surface area contributed by atoms with Crippen molar-refractivity contribution in [3.8, 4) is 5.75 Å². The fraction of sp³-hybridized carbons (Fsp3) is 0.160. The van der Waals surface area contributed by atoms with Gasteiger partial charge in [-0.25, -0.2) is 0 Å². The molecule has 0 atom stereocenters. The van der Waals surface area contributed by atoms with E-state index >= 15 is 0 Å². The number of carbonyl (C=O) groups is 3. The highest BCUT2D eigenvalue weighted by molar-refractivity contribution is 9.11. The van der Waals surface area contributed by atoms with Crippen molar-refractivity contribution in [2.24, 2.45) is 0 Å². The first-order valence-corrected chi connectivity index (χ1v) is 12.8. The zero-order valence-electron chi connectivity index (χ0n) is 18.0. The van der Waals surface area contributed by atoms with Crippen LogP contribution in [-0.2, 0) is 20.9 Å². The first-order valence-electron chi connectivity index (χ1n) is 10.4. The van der Waals surface area contributed by atoms with Crippen LogP contribution in [0.25, 0.3) is 16.8 Å². The Hall–Kier alpha value is -2.62. The van der Waals surface area contributed by atoms with Crippen molar-refractivity contribution in [1.29, 1.82) is 0 Å². The average Bonchev–Trinajstić information content (AvgIpc) is 3.06. The molecule has 0 N–H and O–H groups in total. The van der Waals surface area contributed by atoms with Crippen LogP contribution in [0.2, 0.25) is 0 Å². The summed E-state index contributed by atoms with van der Waals surface area (Å²) in [6, 6.07) is 17.8. The Morgan fingerprint density at radius 2 is 1.76 bits per heavy atom. The molecule has 1 fully saturated rings. The molecule has 0 spiro atoms. The number of rotatable bonds is 7. The fourth-order valence-electron chi connectivity index (χ4n) is 3.49. The van der Waals surface area contributed by atoms with E-state index in [0.717, 1.165) is 33.0 Å². The number of esters is 1. The standard InChI is InChI=1S/C25H19Br2NO5S/c1-2-32-22(29)13-28-24(30)21(34-25(28)31)12-15-10-19(26)23(20(27)11-15)33-14-17-8-5-7-16-6-3-4-9-18(16)17/h3-12H,2,13-14H2,1H3/b21-12+. The molecule has 9 heteroatoms. The number of amides is 2. The van der Waals surface area contributed by atoms with Gasteiger partial charge in [-0.15, -0.1) is 0 Å². The quantitative estimate of drug-likeness (QED) is 0.225. The van der Waals surface area contributed by atoms with Gasteiger partial charge in [-0.1, -0.05) is 42.5 Å². The van der Waals surface area contributed by atoms with Crippen molar-refractivity contribution < 1.29 is 23.9 Å². The smallest absolute Gasteiger partial charge is 0.326 e. The van der Waals surface area contributed by atoms with Crippen molar-refractivity contribution in [3.05, 3.63) is 79.6 Å². The van der Waals surface area contributed by atoms with Crippen LogP contribution in [-0.4, -0.2) is 35.2 Å². The maximum atomic E-state index is 12.6. The van der Waals surface area contributed by atoms with Gasteiger partial charge in [-0.05, 0) is 90.7 Å². The maximum absolute atomic E-state index is 12.6. The van der Waals surface area contributed by atoms with Crippen LogP contribution in [0, 0.1) is 0 Å². The van der Waals surface area contributed by atoms with Gasteiger partial charge in [0.25, 0.3) is 11.1 Å². The third kappa shape index (κ3) is 5.37. The van der Waals surface area contributed by atoms with Gasteiger partial charge in [-0.2, -0.15) is 0 Å². The molecule has 0 bridgehead atoms. The Balaban J connectivity index is 1.51. The Bertz CT molecular complexity index is 1300. The highest BCUT2D eigenvalue weighted by Gasteiger charge is 2.36. The molecule has 1 aliphatic rings. The summed E-state index contributed by atoms with van der Waals surface area (Å²) in [4.78, 5) is 37.6. The number of hydrogen-bond acceptors (Lipinski definition) is 6. The lowest BCUT2D eigenvalue weighted by Gasteiger charge is -2.13. The Morgan fingerprint density at radius 1 is 1.06 bits per heavy atom. The summed E-state index contributed by atoms with van der Waals surface area (Å²) < 4.78 is 12.3. The molecule has 0 saturated carbocycles. The highest BCUT2D eigenvalue weighted by Crippen LogP contribution is 2.38. The highest BCUT2D eigenvalue weighted by atomic mass is 79.9. The van der Waals surface area contributed by atoms with Gasteiger partial charge in [0.1, 0.15) is 18.9 Å². The molecular weight excluding hydrogens is 586 g/mol. The molecule has 0 aromatic heterocycles. The number of nitrogens with zero attached hydrogens (tertiary/aromatic N) is 1. The molecule has 174 valence electrons. The molecule has 0 unspecified atom stereocenters. The summed E-state index contributed by atoms with van der Waals surface area (Å²) in [6.07, 6.45) is 1.61. The predicted octanol–water partition coefficient (Wildman–Crippen LogP) is 6.54. The molecule has 3 aromatic rings. The number of imide groups is 1. The summed E-state index contributed by atoms with van der Waals surface area (Å²) in [7, 11) is 0. The minimum atomic E-state index is -0.621. The van der Waals surface area contributed by atoms with Gasteiger partial charge >= 0.3 is 5.97 Å². The fourth-order valence-corrected chi connectivity index (χ4v) is 5.78. The molecule has 1 aliphatic heterocycles. The largest absolute Gasteiger partial charge is 0.487 e. The van der Waals surface area contributed by atoms with Crippen LogP contribution < -0.4 is 4.74 Å². The van der Waals surface area contributed by atoms with Gasteiger partial charge in [0.15, 0.2) is 0 Å². The number of thioether (sulfide) groups is 1. The topological polar surface area (TPSA) is 72.9 Å². The third-order valence-electron chi connectivity index (χ3n) is 5.04. The Kier molecular flexibility index (Phi) is 7.75. The van der Waals surface area contributed by atoms with E-state index in [9.17, 15) is 14.4 Å². The molecule has 34 heavy (non-hydrogen) atoms. The van der Waals surface area contributed by atoms with E-state index in [1.165, 1.54) is 0 Å². The molecule has 1 saturated heterocycles. The summed E-state index contributed by atoms with van der Waals surface area (Å²) in [5.41, 5.74) is 1.76. The van der Waals surface area contributed by atoms with E-state index in [0.29, 0.717) is 26.9 Å². The van der Waals surface area contributed by atoms with E-state index < -0.39 is 23.7 Å². The number of ether oxygens (including phenoxy) is 2. The molecule has 3 aromatic carbocycles. The second-order valence-corrected chi connectivity index (χ2v) is 10.0. The third-order valence-corrected chi connectivity index (χ3v) is 7.12. The molecule has 6 nitrogen and oxygen atoms in total. The second kappa shape index (κ2) is 10.8. The lowest BCUT2D eigenvalue weighted by molar-refractivity contribution is -0.145. The van der Waals surface area contributed by atoms with E-state index in [4.69, 9.17) is 9.47 Å². The Labute approximate surface area is 217 Å². The minimum absolute atomic E-state index is 0.182. The van der Waals surface area contributed by atoms with Crippen molar-refractivity contribution in [2.45, 2.75) is 13.5 Å².